The monoisotopic (exact) mass is 518 g/mol. The molecule has 1 aromatic heterocycles. The molecule has 5 nitrogen and oxygen atoms in total. The Morgan fingerprint density at radius 2 is 1.64 bits per heavy atom. The van der Waals surface area contributed by atoms with Crippen LogP contribution in [0.15, 0.2) is 76.8 Å². The van der Waals surface area contributed by atoms with Crippen molar-refractivity contribution in [3.63, 3.8) is 0 Å². The zero-order valence-electron chi connectivity index (χ0n) is 17.9. The number of amides is 1. The maximum atomic E-state index is 13.3. The number of fused-ring (bicyclic) bond motifs is 1. The molecule has 0 aliphatic carbocycles. The van der Waals surface area contributed by atoms with Crippen LogP contribution in [0.1, 0.15) is 28.3 Å². The van der Waals surface area contributed by atoms with Gasteiger partial charge in [-0.15, -0.1) is 0 Å². The van der Waals surface area contributed by atoms with Crippen molar-refractivity contribution < 1.29 is 14.7 Å². The van der Waals surface area contributed by atoms with Gasteiger partial charge in [0.2, 0.25) is 0 Å². The van der Waals surface area contributed by atoms with Crippen molar-refractivity contribution in [3.05, 3.63) is 99.0 Å². The molecule has 4 aromatic rings. The van der Waals surface area contributed by atoms with Gasteiger partial charge in [0.05, 0.1) is 21.8 Å². The van der Waals surface area contributed by atoms with Gasteiger partial charge in [0.25, 0.3) is 5.78 Å². The van der Waals surface area contributed by atoms with E-state index in [0.29, 0.717) is 16.3 Å². The number of Topliss-reactive ketones (excluding diaryl/α,β-unsaturated/α-hetero) is 1. The summed E-state index contributed by atoms with van der Waals surface area (Å²) in [6.45, 7) is 3.94. The molecular formula is C26H19BrN2O3S. The number of benzene rings is 3. The smallest absolute Gasteiger partial charge is 0.301 e. The fraction of sp³-hybridized carbons (Fsp3) is 0.115. The number of thiazole rings is 1. The summed E-state index contributed by atoms with van der Waals surface area (Å²) in [6, 6.07) is 19.7. The molecule has 2 heterocycles. The minimum atomic E-state index is -0.791. The number of hydrogen-bond acceptors (Lipinski definition) is 5. The third kappa shape index (κ3) is 3.77. The highest BCUT2D eigenvalue weighted by atomic mass is 79.9. The molecule has 0 saturated carbocycles. The van der Waals surface area contributed by atoms with Crippen LogP contribution < -0.4 is 4.90 Å². The lowest BCUT2D eigenvalue weighted by Gasteiger charge is -2.23. The number of aryl methyl sites for hydroxylation is 2. The van der Waals surface area contributed by atoms with E-state index in [2.05, 4.69) is 20.9 Å². The normalized spacial score (nSPS) is 17.8. The Labute approximate surface area is 203 Å². The summed E-state index contributed by atoms with van der Waals surface area (Å²) in [5, 5.41) is 11.6. The van der Waals surface area contributed by atoms with Gasteiger partial charge in [-0.2, -0.15) is 0 Å². The predicted octanol–water partition coefficient (Wildman–Crippen LogP) is 6.30. The van der Waals surface area contributed by atoms with Crippen LogP contribution in [0.5, 0.6) is 0 Å². The van der Waals surface area contributed by atoms with Crippen LogP contribution in [-0.4, -0.2) is 21.8 Å². The highest BCUT2D eigenvalue weighted by Gasteiger charge is 2.48. The van der Waals surface area contributed by atoms with Gasteiger partial charge in [0.15, 0.2) is 5.13 Å². The van der Waals surface area contributed by atoms with Crippen molar-refractivity contribution >= 4 is 60.1 Å². The summed E-state index contributed by atoms with van der Waals surface area (Å²) in [5.74, 6) is -1.62. The average Bonchev–Trinajstić information content (AvgIpc) is 3.32. The van der Waals surface area contributed by atoms with Gasteiger partial charge in [-0.3, -0.25) is 14.5 Å². The lowest BCUT2D eigenvalue weighted by atomic mass is 9.95. The Bertz CT molecular complexity index is 1440. The summed E-state index contributed by atoms with van der Waals surface area (Å²) in [5.41, 5.74) is 4.13. The lowest BCUT2D eigenvalue weighted by Crippen LogP contribution is -2.29. The molecule has 1 atom stereocenters. The number of carbonyl (C=O) groups excluding carboxylic acids is 2. The molecule has 1 fully saturated rings. The molecule has 164 valence electrons. The molecule has 1 saturated heterocycles. The number of ketones is 1. The van der Waals surface area contributed by atoms with E-state index in [1.165, 1.54) is 16.2 Å². The van der Waals surface area contributed by atoms with Crippen molar-refractivity contribution in [1.82, 2.24) is 4.98 Å². The number of aromatic nitrogens is 1. The van der Waals surface area contributed by atoms with Gasteiger partial charge in [0, 0.05) is 10.0 Å². The topological polar surface area (TPSA) is 70.5 Å². The first-order valence-electron chi connectivity index (χ1n) is 10.3. The van der Waals surface area contributed by atoms with Crippen molar-refractivity contribution in [2.24, 2.45) is 0 Å². The molecule has 33 heavy (non-hydrogen) atoms. The summed E-state index contributed by atoms with van der Waals surface area (Å²) < 4.78 is 1.80. The highest BCUT2D eigenvalue weighted by molar-refractivity contribution is 9.10. The van der Waals surface area contributed by atoms with Gasteiger partial charge in [-0.25, -0.2) is 4.98 Å². The van der Waals surface area contributed by atoms with E-state index in [-0.39, 0.29) is 11.3 Å². The fourth-order valence-corrected chi connectivity index (χ4v) is 5.33. The SMILES string of the molecule is Cc1ccc(/C(O)=C2\C(=O)C(=O)N(c3nc4ccc(C)cc4s3)[C@@H]2c2ccc(Br)cc2)cc1. The third-order valence-corrected chi connectivity index (χ3v) is 7.24. The molecular weight excluding hydrogens is 500 g/mol. The van der Waals surface area contributed by atoms with E-state index in [4.69, 9.17) is 0 Å². The van der Waals surface area contributed by atoms with Gasteiger partial charge < -0.3 is 5.11 Å². The Balaban J connectivity index is 1.73. The molecule has 0 bridgehead atoms. The number of aliphatic hydroxyl groups is 1. The van der Waals surface area contributed by atoms with Crippen molar-refractivity contribution in [1.29, 1.82) is 0 Å². The Hall–Kier alpha value is -3.29. The van der Waals surface area contributed by atoms with Crippen molar-refractivity contribution in [2.75, 3.05) is 4.90 Å². The Morgan fingerprint density at radius 1 is 0.970 bits per heavy atom. The first kappa shape index (κ1) is 21.6. The van der Waals surface area contributed by atoms with Crippen LogP contribution in [0.4, 0.5) is 5.13 Å². The minimum Gasteiger partial charge on any atom is -0.507 e. The molecule has 1 amide bonds. The average molecular weight is 519 g/mol. The van der Waals surface area contributed by atoms with Crippen LogP contribution >= 0.6 is 27.3 Å². The number of carbonyl (C=O) groups is 2. The van der Waals surface area contributed by atoms with Gasteiger partial charge in [0.1, 0.15) is 5.76 Å². The van der Waals surface area contributed by atoms with E-state index in [1.54, 1.807) is 12.1 Å². The summed E-state index contributed by atoms with van der Waals surface area (Å²) in [4.78, 5) is 32.6. The Morgan fingerprint density at radius 3 is 2.33 bits per heavy atom. The molecule has 7 heteroatoms. The second-order valence-corrected chi connectivity index (χ2v) is 9.98. The number of anilines is 1. The van der Waals surface area contributed by atoms with Crippen molar-refractivity contribution in [2.45, 2.75) is 19.9 Å². The summed E-state index contributed by atoms with van der Waals surface area (Å²) in [7, 11) is 0. The molecule has 1 aliphatic rings. The van der Waals surface area contributed by atoms with Crippen LogP contribution in [-0.2, 0) is 9.59 Å². The first-order valence-corrected chi connectivity index (χ1v) is 11.9. The van der Waals surface area contributed by atoms with E-state index in [0.717, 1.165) is 25.8 Å². The minimum absolute atomic E-state index is 0.0570. The second kappa shape index (κ2) is 8.24. The van der Waals surface area contributed by atoms with E-state index in [9.17, 15) is 14.7 Å². The fourth-order valence-electron chi connectivity index (χ4n) is 3.98. The number of rotatable bonds is 3. The second-order valence-electron chi connectivity index (χ2n) is 8.05. The van der Waals surface area contributed by atoms with E-state index in [1.807, 2.05) is 68.4 Å². The molecule has 0 spiro atoms. The molecule has 0 radical (unpaired) electrons. The predicted molar refractivity (Wildman–Crippen MR) is 134 cm³/mol. The zero-order valence-corrected chi connectivity index (χ0v) is 20.3. The molecule has 5 rings (SSSR count). The lowest BCUT2D eigenvalue weighted by molar-refractivity contribution is -0.132. The van der Waals surface area contributed by atoms with Crippen LogP contribution in [0.2, 0.25) is 0 Å². The van der Waals surface area contributed by atoms with E-state index < -0.39 is 17.7 Å². The van der Waals surface area contributed by atoms with Gasteiger partial charge >= 0.3 is 5.91 Å². The standard InChI is InChI=1S/C26H19BrN2O3S/c1-14-3-6-17(7-4-14)23(30)21-22(16-8-10-18(27)11-9-16)29(25(32)24(21)31)26-28-19-12-5-15(2)13-20(19)33-26/h3-13,22,30H,1-2H3/b23-21+/t22-/m1/s1. The molecule has 0 unspecified atom stereocenters. The number of halogens is 1. The van der Waals surface area contributed by atoms with Crippen LogP contribution in [0, 0.1) is 13.8 Å². The first-order chi connectivity index (χ1) is 15.8. The molecule has 1 N–H and O–H groups in total. The highest BCUT2D eigenvalue weighted by Crippen LogP contribution is 2.44. The zero-order chi connectivity index (χ0) is 23.3. The number of nitrogens with zero attached hydrogens (tertiary/aromatic N) is 2. The van der Waals surface area contributed by atoms with Gasteiger partial charge in [-0.05, 0) is 49.2 Å². The van der Waals surface area contributed by atoms with Crippen LogP contribution in [0.3, 0.4) is 0 Å². The van der Waals surface area contributed by atoms with Gasteiger partial charge in [-0.1, -0.05) is 75.3 Å². The number of hydrogen-bond donors (Lipinski definition) is 1. The Kier molecular flexibility index (Phi) is 5.38. The van der Waals surface area contributed by atoms with E-state index >= 15 is 0 Å². The summed E-state index contributed by atoms with van der Waals surface area (Å²) >= 11 is 4.79. The van der Waals surface area contributed by atoms with Crippen LogP contribution in [0.25, 0.3) is 16.0 Å². The maximum Gasteiger partial charge on any atom is 0.301 e. The quantitative estimate of drug-likeness (QED) is 0.196. The molecule has 3 aromatic carbocycles. The van der Waals surface area contributed by atoms with Crippen molar-refractivity contribution in [3.8, 4) is 0 Å². The summed E-state index contributed by atoms with van der Waals surface area (Å²) in [6.07, 6.45) is 0. The molecule has 1 aliphatic heterocycles. The largest absolute Gasteiger partial charge is 0.507 e. The third-order valence-electron chi connectivity index (χ3n) is 5.69. The maximum absolute atomic E-state index is 13.3. The number of aliphatic hydroxyl groups excluding tert-OH is 1.